The van der Waals surface area contributed by atoms with Crippen molar-refractivity contribution in [2.45, 2.75) is 26.8 Å². The highest BCUT2D eigenvalue weighted by Gasteiger charge is 2.14. The minimum absolute atomic E-state index is 0.209. The number of anilines is 1. The fourth-order valence-electron chi connectivity index (χ4n) is 2.52. The number of ether oxygens (including phenoxy) is 3. The molecule has 0 heterocycles. The van der Waals surface area contributed by atoms with Crippen molar-refractivity contribution in [3.63, 3.8) is 0 Å². The Bertz CT molecular complexity index is 734. The Morgan fingerprint density at radius 2 is 1.69 bits per heavy atom. The first-order chi connectivity index (χ1) is 12.6. The number of carbonyl (C=O) groups excluding carboxylic acids is 1. The monoisotopic (exact) mass is 358 g/mol. The number of nitrogens with one attached hydrogen (secondary N) is 2. The lowest BCUT2D eigenvalue weighted by molar-refractivity contribution is 0.249. The number of methoxy groups -OCH3 is 1. The summed E-state index contributed by atoms with van der Waals surface area (Å²) in [7, 11) is 1.57. The van der Waals surface area contributed by atoms with Gasteiger partial charge in [-0.15, -0.1) is 0 Å². The van der Waals surface area contributed by atoms with Gasteiger partial charge < -0.3 is 24.8 Å². The quantitative estimate of drug-likeness (QED) is 0.735. The molecule has 26 heavy (non-hydrogen) atoms. The number of para-hydroxylation sites is 2. The fraction of sp³-hybridized carbons (Fsp3) is 0.350. The molecule has 0 saturated heterocycles. The molecule has 0 bridgehead atoms. The number of hydrogen-bond acceptors (Lipinski definition) is 4. The average Bonchev–Trinajstić information content (AvgIpc) is 2.63. The Balaban J connectivity index is 2.07. The van der Waals surface area contributed by atoms with Crippen molar-refractivity contribution in [2.24, 2.45) is 0 Å². The van der Waals surface area contributed by atoms with E-state index in [-0.39, 0.29) is 12.1 Å². The summed E-state index contributed by atoms with van der Waals surface area (Å²) >= 11 is 0. The summed E-state index contributed by atoms with van der Waals surface area (Å²) in [5, 5.41) is 5.72. The molecule has 2 N–H and O–H groups in total. The molecule has 2 aromatic rings. The number of urea groups is 1. The van der Waals surface area contributed by atoms with Crippen molar-refractivity contribution in [1.29, 1.82) is 0 Å². The van der Waals surface area contributed by atoms with Gasteiger partial charge in [0.1, 0.15) is 5.75 Å². The van der Waals surface area contributed by atoms with Crippen LogP contribution in [0.4, 0.5) is 10.5 Å². The van der Waals surface area contributed by atoms with Gasteiger partial charge in [-0.3, -0.25) is 0 Å². The number of hydrogen-bond donors (Lipinski definition) is 2. The third-order valence-corrected chi connectivity index (χ3v) is 3.77. The molecule has 0 radical (unpaired) electrons. The Morgan fingerprint density at radius 3 is 2.38 bits per heavy atom. The molecular formula is C20H26N2O4. The molecule has 140 valence electrons. The van der Waals surface area contributed by atoms with Gasteiger partial charge in [0.25, 0.3) is 0 Å². The van der Waals surface area contributed by atoms with Crippen LogP contribution in [-0.2, 0) is 0 Å². The maximum atomic E-state index is 12.3. The lowest BCUT2D eigenvalue weighted by Crippen LogP contribution is -2.31. The average molecular weight is 358 g/mol. The third-order valence-electron chi connectivity index (χ3n) is 3.77. The molecule has 0 aliphatic heterocycles. The van der Waals surface area contributed by atoms with Gasteiger partial charge in [-0.05, 0) is 50.6 Å². The summed E-state index contributed by atoms with van der Waals surface area (Å²) in [6, 6.07) is 12.4. The van der Waals surface area contributed by atoms with Crippen LogP contribution in [0.2, 0.25) is 0 Å². The second-order valence-electron chi connectivity index (χ2n) is 5.59. The number of benzene rings is 2. The van der Waals surface area contributed by atoms with Crippen molar-refractivity contribution < 1.29 is 19.0 Å². The van der Waals surface area contributed by atoms with E-state index in [9.17, 15) is 4.79 Å². The standard InChI is InChI=1S/C20H26N2O4/c1-5-25-18-12-11-15(13-19(18)26-6-2)14(3)21-20(23)22-16-9-7-8-10-17(16)24-4/h7-14H,5-6H2,1-4H3,(H2,21,22,23)/t14-/m1/s1. The van der Waals surface area contributed by atoms with Gasteiger partial charge in [0.05, 0.1) is 32.1 Å². The van der Waals surface area contributed by atoms with Crippen LogP contribution in [0.1, 0.15) is 32.4 Å². The number of carbonyl (C=O) groups is 1. The third kappa shape index (κ3) is 5.05. The van der Waals surface area contributed by atoms with E-state index in [0.717, 1.165) is 5.56 Å². The molecule has 0 aliphatic carbocycles. The van der Waals surface area contributed by atoms with Crippen molar-refractivity contribution >= 4 is 11.7 Å². The smallest absolute Gasteiger partial charge is 0.319 e. The molecule has 2 aromatic carbocycles. The zero-order valence-electron chi connectivity index (χ0n) is 15.7. The first kappa shape index (κ1) is 19.4. The van der Waals surface area contributed by atoms with Crippen molar-refractivity contribution in [2.75, 3.05) is 25.6 Å². The van der Waals surface area contributed by atoms with Crippen LogP contribution in [0.15, 0.2) is 42.5 Å². The minimum Gasteiger partial charge on any atom is -0.495 e. The summed E-state index contributed by atoms with van der Waals surface area (Å²) < 4.78 is 16.5. The van der Waals surface area contributed by atoms with Gasteiger partial charge in [0.2, 0.25) is 0 Å². The maximum Gasteiger partial charge on any atom is 0.319 e. The van der Waals surface area contributed by atoms with Crippen molar-refractivity contribution in [1.82, 2.24) is 5.32 Å². The van der Waals surface area contributed by atoms with Crippen molar-refractivity contribution in [3.8, 4) is 17.2 Å². The molecule has 0 aromatic heterocycles. The zero-order chi connectivity index (χ0) is 18.9. The Labute approximate surface area is 154 Å². The van der Waals surface area contributed by atoms with Crippen LogP contribution in [-0.4, -0.2) is 26.4 Å². The Kier molecular flexibility index (Phi) is 7.14. The van der Waals surface area contributed by atoms with Gasteiger partial charge >= 0.3 is 6.03 Å². The lowest BCUT2D eigenvalue weighted by Gasteiger charge is -2.18. The van der Waals surface area contributed by atoms with Crippen LogP contribution >= 0.6 is 0 Å². The van der Waals surface area contributed by atoms with E-state index in [1.54, 1.807) is 19.2 Å². The van der Waals surface area contributed by atoms with Gasteiger partial charge in [-0.25, -0.2) is 4.79 Å². The summed E-state index contributed by atoms with van der Waals surface area (Å²) in [5.74, 6) is 1.98. The summed E-state index contributed by atoms with van der Waals surface area (Å²) in [6.45, 7) is 6.86. The van der Waals surface area contributed by atoms with E-state index in [4.69, 9.17) is 14.2 Å². The Morgan fingerprint density at radius 1 is 1.00 bits per heavy atom. The highest BCUT2D eigenvalue weighted by molar-refractivity contribution is 5.91. The van der Waals surface area contributed by atoms with Gasteiger partial charge in [-0.2, -0.15) is 0 Å². The molecule has 2 rings (SSSR count). The maximum absolute atomic E-state index is 12.3. The number of rotatable bonds is 8. The van der Waals surface area contributed by atoms with E-state index >= 15 is 0 Å². The number of amides is 2. The van der Waals surface area contributed by atoms with E-state index in [0.29, 0.717) is 36.1 Å². The molecule has 0 aliphatic rings. The topological polar surface area (TPSA) is 68.8 Å². The molecule has 0 fully saturated rings. The van der Waals surface area contributed by atoms with E-state index in [1.807, 2.05) is 51.1 Å². The molecule has 1 atom stereocenters. The van der Waals surface area contributed by atoms with Crippen LogP contribution in [0.3, 0.4) is 0 Å². The molecule has 0 saturated carbocycles. The zero-order valence-corrected chi connectivity index (χ0v) is 15.7. The van der Waals surface area contributed by atoms with Gasteiger partial charge in [0.15, 0.2) is 11.5 Å². The minimum atomic E-state index is -0.311. The second-order valence-corrected chi connectivity index (χ2v) is 5.59. The molecule has 2 amide bonds. The predicted octanol–water partition coefficient (Wildman–Crippen LogP) is 4.38. The Hall–Kier alpha value is -2.89. The molecule has 0 spiro atoms. The normalized spacial score (nSPS) is 11.4. The first-order valence-electron chi connectivity index (χ1n) is 8.69. The van der Waals surface area contributed by atoms with Crippen LogP contribution in [0.25, 0.3) is 0 Å². The van der Waals surface area contributed by atoms with E-state index in [2.05, 4.69) is 10.6 Å². The van der Waals surface area contributed by atoms with Crippen LogP contribution in [0, 0.1) is 0 Å². The highest BCUT2D eigenvalue weighted by Crippen LogP contribution is 2.31. The van der Waals surface area contributed by atoms with Crippen molar-refractivity contribution in [3.05, 3.63) is 48.0 Å². The highest BCUT2D eigenvalue weighted by atomic mass is 16.5. The molecule has 6 nitrogen and oxygen atoms in total. The molecule has 6 heteroatoms. The summed E-state index contributed by atoms with van der Waals surface area (Å²) in [4.78, 5) is 12.3. The first-order valence-corrected chi connectivity index (χ1v) is 8.69. The SMILES string of the molecule is CCOc1ccc([C@@H](C)NC(=O)Nc2ccccc2OC)cc1OCC. The predicted molar refractivity (Wildman–Crippen MR) is 102 cm³/mol. The largest absolute Gasteiger partial charge is 0.495 e. The molecular weight excluding hydrogens is 332 g/mol. The van der Waals surface area contributed by atoms with E-state index in [1.165, 1.54) is 0 Å². The summed E-state index contributed by atoms with van der Waals surface area (Å²) in [5.41, 5.74) is 1.54. The van der Waals surface area contributed by atoms with Gasteiger partial charge in [-0.1, -0.05) is 18.2 Å². The van der Waals surface area contributed by atoms with E-state index < -0.39 is 0 Å². The van der Waals surface area contributed by atoms with Crippen LogP contribution in [0.5, 0.6) is 17.2 Å². The lowest BCUT2D eigenvalue weighted by atomic mass is 10.1. The van der Waals surface area contributed by atoms with Crippen LogP contribution < -0.4 is 24.8 Å². The summed E-state index contributed by atoms with van der Waals surface area (Å²) in [6.07, 6.45) is 0. The van der Waals surface area contributed by atoms with Gasteiger partial charge in [0, 0.05) is 0 Å². The fourth-order valence-corrected chi connectivity index (χ4v) is 2.52. The second kappa shape index (κ2) is 9.56. The molecule has 0 unspecified atom stereocenters.